The van der Waals surface area contributed by atoms with Crippen LogP contribution < -0.4 is 10.1 Å². The van der Waals surface area contributed by atoms with Gasteiger partial charge in [0.05, 0.1) is 0 Å². The lowest BCUT2D eigenvalue weighted by atomic mass is 10.2. The molecule has 1 aliphatic rings. The van der Waals surface area contributed by atoms with Crippen LogP contribution in [0.25, 0.3) is 0 Å². The predicted octanol–water partition coefficient (Wildman–Crippen LogP) is 2.52. The molecule has 0 aliphatic carbocycles. The molecule has 2 rings (SSSR count). The van der Waals surface area contributed by atoms with Gasteiger partial charge in [-0.15, -0.1) is 0 Å². The van der Waals surface area contributed by atoms with E-state index in [9.17, 15) is 4.79 Å². The number of nitrogens with zero attached hydrogens (tertiary/aromatic N) is 1. The summed E-state index contributed by atoms with van der Waals surface area (Å²) < 4.78 is 5.47. The lowest BCUT2D eigenvalue weighted by Gasteiger charge is -2.18. The molecule has 1 N–H and O–H groups in total. The molecule has 1 fully saturated rings. The Bertz CT molecular complexity index is 516. The van der Waals surface area contributed by atoms with Gasteiger partial charge in [-0.2, -0.15) is 0 Å². The number of amides is 1. The molecule has 1 heterocycles. The van der Waals surface area contributed by atoms with Gasteiger partial charge >= 0.3 is 0 Å². The third-order valence-corrected chi connectivity index (χ3v) is 3.73. The summed E-state index contributed by atoms with van der Waals surface area (Å²) in [5.74, 6) is 0.410. The van der Waals surface area contributed by atoms with Crippen molar-refractivity contribution in [3.05, 3.63) is 28.8 Å². The van der Waals surface area contributed by atoms with E-state index in [2.05, 4.69) is 5.32 Å². The first-order valence-electron chi connectivity index (χ1n) is 6.54. The van der Waals surface area contributed by atoms with Crippen molar-refractivity contribution in [2.24, 2.45) is 0 Å². The minimum atomic E-state index is -0.240. The Morgan fingerprint density at radius 3 is 2.80 bits per heavy atom. The van der Waals surface area contributed by atoms with Gasteiger partial charge in [0.1, 0.15) is 5.75 Å². The first-order valence-corrected chi connectivity index (χ1v) is 7.32. The second kappa shape index (κ2) is 6.90. The zero-order valence-electron chi connectivity index (χ0n) is 11.3. The maximum Gasteiger partial charge on any atom is 0.264 e. The molecule has 0 atom stereocenters. The summed E-state index contributed by atoms with van der Waals surface area (Å²) in [4.78, 5) is 13.8. The topological polar surface area (TPSA) is 41.6 Å². The molecule has 1 aromatic carbocycles. The zero-order valence-corrected chi connectivity index (χ0v) is 12.9. The van der Waals surface area contributed by atoms with E-state index in [1.54, 1.807) is 18.2 Å². The molecule has 1 aliphatic heterocycles. The van der Waals surface area contributed by atoms with Crippen LogP contribution in [0.4, 0.5) is 0 Å². The van der Waals surface area contributed by atoms with Crippen molar-refractivity contribution in [3.8, 4) is 5.75 Å². The van der Waals surface area contributed by atoms with Crippen LogP contribution >= 0.6 is 23.8 Å². The van der Waals surface area contributed by atoms with Crippen molar-refractivity contribution >= 4 is 34.8 Å². The molecule has 0 saturated carbocycles. The van der Waals surface area contributed by atoms with Gasteiger partial charge in [0.2, 0.25) is 0 Å². The van der Waals surface area contributed by atoms with Crippen LogP contribution in [0.1, 0.15) is 18.4 Å². The maximum absolute atomic E-state index is 11.8. The first-order chi connectivity index (χ1) is 9.56. The van der Waals surface area contributed by atoms with Crippen molar-refractivity contribution in [1.82, 2.24) is 10.2 Å². The Kier molecular flexibility index (Phi) is 5.20. The van der Waals surface area contributed by atoms with Crippen LogP contribution in [0.15, 0.2) is 18.2 Å². The van der Waals surface area contributed by atoms with E-state index >= 15 is 0 Å². The Hall–Kier alpha value is -1.33. The Balaban J connectivity index is 1.81. The second-order valence-corrected chi connectivity index (χ2v) is 5.57. The number of nitrogens with one attached hydrogen (secondary N) is 1. The van der Waals surface area contributed by atoms with Crippen molar-refractivity contribution < 1.29 is 9.53 Å². The summed E-state index contributed by atoms with van der Waals surface area (Å²) in [6, 6.07) is 5.28. The SMILES string of the molecule is Cc1cc(Cl)ccc1OCC(=O)NC(=S)N1CCCC1. The van der Waals surface area contributed by atoms with Crippen LogP contribution in [0.2, 0.25) is 5.02 Å². The molecule has 20 heavy (non-hydrogen) atoms. The van der Waals surface area contributed by atoms with Gasteiger partial charge in [-0.3, -0.25) is 4.79 Å². The second-order valence-electron chi connectivity index (χ2n) is 4.75. The van der Waals surface area contributed by atoms with Gasteiger partial charge < -0.3 is 15.0 Å². The number of hydrogen-bond donors (Lipinski definition) is 1. The molecule has 0 bridgehead atoms. The van der Waals surface area contributed by atoms with E-state index in [4.69, 9.17) is 28.6 Å². The van der Waals surface area contributed by atoms with E-state index < -0.39 is 0 Å². The molecule has 6 heteroatoms. The number of rotatable bonds is 3. The molecule has 0 spiro atoms. The van der Waals surface area contributed by atoms with Gasteiger partial charge in [-0.1, -0.05) is 11.6 Å². The lowest BCUT2D eigenvalue weighted by Crippen LogP contribution is -2.42. The van der Waals surface area contributed by atoms with Crippen LogP contribution in [0.5, 0.6) is 5.75 Å². The number of halogens is 1. The summed E-state index contributed by atoms with van der Waals surface area (Å²) in [7, 11) is 0. The number of benzene rings is 1. The van der Waals surface area contributed by atoms with Crippen molar-refractivity contribution in [1.29, 1.82) is 0 Å². The molecule has 0 radical (unpaired) electrons. The molecular weight excluding hydrogens is 296 g/mol. The third-order valence-electron chi connectivity index (χ3n) is 3.14. The number of aryl methyl sites for hydroxylation is 1. The van der Waals surface area contributed by atoms with E-state index in [0.29, 0.717) is 15.9 Å². The van der Waals surface area contributed by atoms with E-state index in [-0.39, 0.29) is 12.5 Å². The van der Waals surface area contributed by atoms with E-state index in [0.717, 1.165) is 31.5 Å². The quantitative estimate of drug-likeness (QED) is 0.871. The Morgan fingerprint density at radius 1 is 1.45 bits per heavy atom. The lowest BCUT2D eigenvalue weighted by molar-refractivity contribution is -0.121. The predicted molar refractivity (Wildman–Crippen MR) is 83.2 cm³/mol. The number of hydrogen-bond acceptors (Lipinski definition) is 3. The Morgan fingerprint density at radius 2 is 2.15 bits per heavy atom. The fraction of sp³-hybridized carbons (Fsp3) is 0.429. The van der Waals surface area contributed by atoms with Gasteiger partial charge in [-0.25, -0.2) is 0 Å². The molecule has 1 saturated heterocycles. The van der Waals surface area contributed by atoms with Crippen LogP contribution in [0, 0.1) is 6.92 Å². The van der Waals surface area contributed by atoms with Crippen LogP contribution in [-0.4, -0.2) is 35.6 Å². The van der Waals surface area contributed by atoms with Gasteiger partial charge in [0.15, 0.2) is 11.7 Å². The molecular formula is C14H17ClN2O2S. The smallest absolute Gasteiger partial charge is 0.264 e. The summed E-state index contributed by atoms with van der Waals surface area (Å²) in [5, 5.41) is 3.83. The molecule has 1 amide bonds. The highest BCUT2D eigenvalue weighted by atomic mass is 35.5. The fourth-order valence-corrected chi connectivity index (χ4v) is 2.60. The average molecular weight is 313 g/mol. The number of thiocarbonyl (C=S) groups is 1. The first kappa shape index (κ1) is 15.1. The minimum absolute atomic E-state index is 0.0591. The molecule has 1 aromatic rings. The van der Waals surface area contributed by atoms with Crippen molar-refractivity contribution in [3.63, 3.8) is 0 Å². The monoisotopic (exact) mass is 312 g/mol. The largest absolute Gasteiger partial charge is 0.483 e. The van der Waals surface area contributed by atoms with Crippen molar-refractivity contribution in [2.45, 2.75) is 19.8 Å². The standard InChI is InChI=1S/C14H17ClN2O2S/c1-10-8-11(15)4-5-12(10)19-9-13(18)16-14(20)17-6-2-3-7-17/h4-5,8H,2-3,6-7,9H2,1H3,(H,16,18,20). The Labute approximate surface area is 129 Å². The van der Waals surface area contributed by atoms with E-state index in [1.165, 1.54) is 0 Å². The number of carbonyl (C=O) groups is 1. The highest BCUT2D eigenvalue weighted by Gasteiger charge is 2.16. The third kappa shape index (κ3) is 4.08. The fourth-order valence-electron chi connectivity index (χ4n) is 2.07. The van der Waals surface area contributed by atoms with Gasteiger partial charge in [-0.05, 0) is 55.7 Å². The van der Waals surface area contributed by atoms with Crippen LogP contribution in [-0.2, 0) is 4.79 Å². The highest BCUT2D eigenvalue weighted by Crippen LogP contribution is 2.21. The average Bonchev–Trinajstić information content (AvgIpc) is 2.91. The van der Waals surface area contributed by atoms with Crippen molar-refractivity contribution in [2.75, 3.05) is 19.7 Å². The van der Waals surface area contributed by atoms with Gasteiger partial charge in [0, 0.05) is 18.1 Å². The molecule has 4 nitrogen and oxygen atoms in total. The minimum Gasteiger partial charge on any atom is -0.483 e. The normalized spacial score (nSPS) is 14.2. The number of ether oxygens (including phenoxy) is 1. The molecule has 108 valence electrons. The number of carbonyl (C=O) groups excluding carboxylic acids is 1. The molecule has 0 aromatic heterocycles. The summed E-state index contributed by atoms with van der Waals surface area (Å²) in [6.45, 7) is 3.65. The summed E-state index contributed by atoms with van der Waals surface area (Å²) in [5.41, 5.74) is 0.896. The molecule has 0 unspecified atom stereocenters. The van der Waals surface area contributed by atoms with E-state index in [1.807, 2.05) is 11.8 Å². The highest BCUT2D eigenvalue weighted by molar-refractivity contribution is 7.80. The summed E-state index contributed by atoms with van der Waals surface area (Å²) in [6.07, 6.45) is 2.24. The summed E-state index contributed by atoms with van der Waals surface area (Å²) >= 11 is 11.0. The zero-order chi connectivity index (χ0) is 14.5. The van der Waals surface area contributed by atoms with Gasteiger partial charge in [0.25, 0.3) is 5.91 Å². The number of likely N-dealkylation sites (tertiary alicyclic amines) is 1. The van der Waals surface area contributed by atoms with Crippen LogP contribution in [0.3, 0.4) is 0 Å². The maximum atomic E-state index is 11.8.